The second-order valence-corrected chi connectivity index (χ2v) is 7.95. The highest BCUT2D eigenvalue weighted by atomic mass is 16.1. The molecule has 1 fully saturated rings. The highest BCUT2D eigenvalue weighted by molar-refractivity contribution is 5.90. The number of benzene rings is 2. The van der Waals surface area contributed by atoms with Crippen LogP contribution in [0.2, 0.25) is 0 Å². The van der Waals surface area contributed by atoms with Crippen LogP contribution >= 0.6 is 0 Å². The first kappa shape index (κ1) is 19.5. The van der Waals surface area contributed by atoms with E-state index in [1.807, 2.05) is 6.07 Å². The second-order valence-electron chi connectivity index (χ2n) is 7.95. The van der Waals surface area contributed by atoms with Crippen LogP contribution in [0.1, 0.15) is 23.6 Å². The molecule has 0 atom stereocenters. The highest BCUT2D eigenvalue weighted by Gasteiger charge is 2.20. The lowest BCUT2D eigenvalue weighted by molar-refractivity contribution is -0.114. The summed E-state index contributed by atoms with van der Waals surface area (Å²) in [7, 11) is 0. The van der Waals surface area contributed by atoms with Crippen molar-refractivity contribution in [2.75, 3.05) is 42.9 Å². The predicted molar refractivity (Wildman–Crippen MR) is 119 cm³/mol. The first-order valence-electron chi connectivity index (χ1n) is 10.3. The molecular weight excluding hydrogens is 362 g/mol. The van der Waals surface area contributed by atoms with Crippen molar-refractivity contribution in [2.24, 2.45) is 0 Å². The van der Waals surface area contributed by atoms with E-state index in [4.69, 9.17) is 0 Å². The summed E-state index contributed by atoms with van der Waals surface area (Å²) < 4.78 is 0. The van der Waals surface area contributed by atoms with Crippen LogP contribution in [0.15, 0.2) is 36.4 Å². The number of carbonyl (C=O) groups excluding carboxylic acids is 1. The number of carbonyl (C=O) groups is 1. The molecule has 0 spiro atoms. The predicted octanol–water partition coefficient (Wildman–Crippen LogP) is 3.50. The number of aromatic nitrogens is 2. The van der Waals surface area contributed by atoms with Gasteiger partial charge in [-0.1, -0.05) is 18.2 Å². The maximum atomic E-state index is 11.3. The largest absolute Gasteiger partial charge is 0.352 e. The summed E-state index contributed by atoms with van der Waals surface area (Å²) in [6, 6.07) is 12.6. The molecule has 2 aromatic carbocycles. The van der Waals surface area contributed by atoms with Gasteiger partial charge in [0.1, 0.15) is 0 Å². The lowest BCUT2D eigenvalue weighted by atomic mass is 10.0. The summed E-state index contributed by atoms with van der Waals surface area (Å²) in [5.74, 6) is 1.04. The van der Waals surface area contributed by atoms with E-state index in [-0.39, 0.29) is 5.91 Å². The van der Waals surface area contributed by atoms with Gasteiger partial charge in [0.05, 0.1) is 5.52 Å². The minimum atomic E-state index is -0.0252. The Morgan fingerprint density at radius 3 is 2.62 bits per heavy atom. The van der Waals surface area contributed by atoms with E-state index in [0.29, 0.717) is 0 Å². The average Bonchev–Trinajstić information content (AvgIpc) is 3.14. The Hall–Kier alpha value is -2.86. The number of aromatic amines is 1. The van der Waals surface area contributed by atoms with Crippen LogP contribution in [0.4, 0.5) is 11.5 Å². The second kappa shape index (κ2) is 8.25. The van der Waals surface area contributed by atoms with Gasteiger partial charge in [-0.3, -0.25) is 14.8 Å². The maximum absolute atomic E-state index is 11.3. The third-order valence-electron chi connectivity index (χ3n) is 5.81. The molecule has 1 saturated heterocycles. The van der Waals surface area contributed by atoms with Crippen LogP contribution in [0, 0.1) is 13.8 Å². The van der Waals surface area contributed by atoms with Crippen LogP contribution in [-0.4, -0.2) is 53.7 Å². The number of nitrogens with zero attached hydrogens (tertiary/aromatic N) is 3. The Bertz CT molecular complexity index is 1020. The molecule has 29 heavy (non-hydrogen) atoms. The lowest BCUT2D eigenvalue weighted by Crippen LogP contribution is -2.47. The van der Waals surface area contributed by atoms with Gasteiger partial charge in [0.15, 0.2) is 5.82 Å². The van der Waals surface area contributed by atoms with E-state index in [0.717, 1.165) is 61.7 Å². The normalized spacial score (nSPS) is 15.1. The minimum Gasteiger partial charge on any atom is -0.352 e. The average molecular weight is 392 g/mol. The van der Waals surface area contributed by atoms with Gasteiger partial charge in [0.2, 0.25) is 5.91 Å². The van der Waals surface area contributed by atoms with Crippen molar-refractivity contribution in [3.8, 4) is 0 Å². The molecule has 1 amide bonds. The number of hydrogen-bond acceptors (Lipinski definition) is 4. The Balaban J connectivity index is 1.34. The van der Waals surface area contributed by atoms with Crippen molar-refractivity contribution >= 4 is 28.3 Å². The van der Waals surface area contributed by atoms with Crippen molar-refractivity contribution < 1.29 is 4.79 Å². The monoisotopic (exact) mass is 391 g/mol. The first-order valence-corrected chi connectivity index (χ1v) is 10.3. The molecular formula is C23H29N5O. The minimum absolute atomic E-state index is 0.0252. The maximum Gasteiger partial charge on any atom is 0.221 e. The fourth-order valence-electron chi connectivity index (χ4n) is 4.12. The molecule has 2 N–H and O–H groups in total. The number of nitrogens with one attached hydrogen (secondary N) is 2. The molecule has 3 aromatic rings. The molecule has 152 valence electrons. The Labute approximate surface area is 171 Å². The third-order valence-corrected chi connectivity index (χ3v) is 5.81. The van der Waals surface area contributed by atoms with Gasteiger partial charge in [-0.15, -0.1) is 0 Å². The van der Waals surface area contributed by atoms with E-state index in [1.165, 1.54) is 16.5 Å². The number of hydrogen-bond donors (Lipinski definition) is 2. The quantitative estimate of drug-likeness (QED) is 0.699. The first-order chi connectivity index (χ1) is 14.0. The summed E-state index contributed by atoms with van der Waals surface area (Å²) in [6.45, 7) is 10.9. The molecule has 0 aliphatic carbocycles. The Morgan fingerprint density at radius 1 is 1.10 bits per heavy atom. The number of piperazine rings is 1. The number of aryl methyl sites for hydroxylation is 2. The van der Waals surface area contributed by atoms with Crippen LogP contribution in [0.25, 0.3) is 10.9 Å². The summed E-state index contributed by atoms with van der Waals surface area (Å²) in [6.07, 6.45) is 1.03. The number of fused-ring (bicyclic) bond motifs is 1. The molecule has 2 heterocycles. The standard InChI is InChI=1S/C23H29N5O/c1-16-15-22(24-18(3)29)17(2)14-19(16)8-9-27-10-12-28(13-11-27)23-20-6-4-5-7-21(20)25-26-23/h4-7,14-15H,8-13H2,1-3H3,(H,24,29)(H,25,26). The van der Waals surface area contributed by atoms with Gasteiger partial charge in [-0.25, -0.2) is 0 Å². The molecule has 1 aromatic heterocycles. The zero-order valence-electron chi connectivity index (χ0n) is 17.5. The molecule has 1 aliphatic rings. The molecule has 6 nitrogen and oxygen atoms in total. The number of amides is 1. The number of para-hydroxylation sites is 1. The van der Waals surface area contributed by atoms with Gasteiger partial charge >= 0.3 is 0 Å². The van der Waals surface area contributed by atoms with Crippen LogP contribution in [0.5, 0.6) is 0 Å². The third kappa shape index (κ3) is 4.27. The van der Waals surface area contributed by atoms with Crippen molar-refractivity contribution in [3.05, 3.63) is 53.1 Å². The molecule has 0 radical (unpaired) electrons. The van der Waals surface area contributed by atoms with Gasteiger partial charge in [0, 0.05) is 50.7 Å². The Morgan fingerprint density at radius 2 is 1.86 bits per heavy atom. The van der Waals surface area contributed by atoms with E-state index < -0.39 is 0 Å². The molecule has 0 bridgehead atoms. The van der Waals surface area contributed by atoms with E-state index >= 15 is 0 Å². The summed E-state index contributed by atoms with van der Waals surface area (Å²) >= 11 is 0. The number of H-pyrrole nitrogens is 1. The van der Waals surface area contributed by atoms with Gasteiger partial charge in [-0.05, 0) is 55.2 Å². The van der Waals surface area contributed by atoms with Crippen molar-refractivity contribution in [2.45, 2.75) is 27.2 Å². The van der Waals surface area contributed by atoms with Crippen molar-refractivity contribution in [1.82, 2.24) is 15.1 Å². The molecule has 1 aliphatic heterocycles. The summed E-state index contributed by atoms with van der Waals surface area (Å²) in [4.78, 5) is 16.3. The lowest BCUT2D eigenvalue weighted by Gasteiger charge is -2.35. The topological polar surface area (TPSA) is 64.3 Å². The molecule has 0 unspecified atom stereocenters. The number of anilines is 2. The fourth-order valence-corrected chi connectivity index (χ4v) is 4.12. The van der Waals surface area contributed by atoms with Crippen molar-refractivity contribution in [1.29, 1.82) is 0 Å². The van der Waals surface area contributed by atoms with Crippen molar-refractivity contribution in [3.63, 3.8) is 0 Å². The van der Waals surface area contributed by atoms with Gasteiger partial charge < -0.3 is 10.2 Å². The van der Waals surface area contributed by atoms with E-state index in [1.54, 1.807) is 6.92 Å². The Kier molecular flexibility index (Phi) is 5.53. The van der Waals surface area contributed by atoms with Gasteiger partial charge in [-0.2, -0.15) is 5.10 Å². The number of rotatable bonds is 5. The molecule has 6 heteroatoms. The van der Waals surface area contributed by atoms with E-state index in [9.17, 15) is 4.79 Å². The summed E-state index contributed by atoms with van der Waals surface area (Å²) in [5, 5.41) is 11.8. The zero-order valence-corrected chi connectivity index (χ0v) is 17.5. The van der Waals surface area contributed by atoms with Crippen LogP contribution in [0.3, 0.4) is 0 Å². The highest BCUT2D eigenvalue weighted by Crippen LogP contribution is 2.25. The fraction of sp³-hybridized carbons (Fsp3) is 0.391. The molecule has 0 saturated carbocycles. The smallest absolute Gasteiger partial charge is 0.221 e. The van der Waals surface area contributed by atoms with Crippen LogP contribution < -0.4 is 10.2 Å². The zero-order chi connectivity index (χ0) is 20.4. The SMILES string of the molecule is CC(=O)Nc1cc(C)c(CCN2CCN(c3n[nH]c4ccccc34)CC2)cc1C. The van der Waals surface area contributed by atoms with Crippen LogP contribution in [-0.2, 0) is 11.2 Å². The van der Waals surface area contributed by atoms with Gasteiger partial charge in [0.25, 0.3) is 0 Å². The summed E-state index contributed by atoms with van der Waals surface area (Å²) in [5.41, 5.74) is 5.73. The van der Waals surface area contributed by atoms with E-state index in [2.05, 4.69) is 69.5 Å². The molecule has 4 rings (SSSR count).